The van der Waals surface area contributed by atoms with Crippen LogP contribution in [-0.4, -0.2) is 32.5 Å². The van der Waals surface area contributed by atoms with E-state index >= 15 is 0 Å². The molecule has 1 unspecified atom stereocenters. The first-order chi connectivity index (χ1) is 16.4. The van der Waals surface area contributed by atoms with Crippen LogP contribution in [0.1, 0.15) is 44.6 Å². The molecule has 1 aromatic heterocycles. The highest BCUT2D eigenvalue weighted by Gasteiger charge is 2.38. The highest BCUT2D eigenvalue weighted by atomic mass is 35.5. The molecule has 1 atom stereocenters. The molecule has 0 aliphatic carbocycles. The van der Waals surface area contributed by atoms with Crippen LogP contribution >= 0.6 is 11.6 Å². The second-order valence-corrected chi connectivity index (χ2v) is 8.75. The molecule has 1 N–H and O–H groups in total. The van der Waals surface area contributed by atoms with Gasteiger partial charge in [0.2, 0.25) is 5.82 Å². The summed E-state index contributed by atoms with van der Waals surface area (Å²) in [6, 6.07) is 15.9. The van der Waals surface area contributed by atoms with Crippen molar-refractivity contribution in [1.82, 2.24) is 20.6 Å². The molecule has 2 aromatic carbocycles. The number of allylic oxidation sites excluding steroid dienone is 1. The topological polar surface area (TPSA) is 66.8 Å². The summed E-state index contributed by atoms with van der Waals surface area (Å²) in [7, 11) is 0. The standard InChI is InChI=1S/C25H25ClF3N5/c1-2-3-8-22-18(13-14-21(23(26)30-22)25(27,28)29)15-16-9-11-17(12-10-16)19-6-4-5-7-20(19)24-31-33-34-32-24/h4-7,9-12,18H,2-3,8,13-15H2,1H3,(H,31,32,33,34). The molecule has 1 aliphatic heterocycles. The summed E-state index contributed by atoms with van der Waals surface area (Å²) in [5.41, 5.74) is 3.91. The highest BCUT2D eigenvalue weighted by Crippen LogP contribution is 2.38. The number of tetrazole rings is 1. The molecule has 4 rings (SSSR count). The fourth-order valence-corrected chi connectivity index (χ4v) is 4.59. The van der Waals surface area contributed by atoms with Crippen molar-refractivity contribution in [3.8, 4) is 22.5 Å². The van der Waals surface area contributed by atoms with Crippen LogP contribution in [0.2, 0.25) is 0 Å². The van der Waals surface area contributed by atoms with Crippen molar-refractivity contribution < 1.29 is 13.2 Å². The summed E-state index contributed by atoms with van der Waals surface area (Å²) in [5.74, 6) is 0.428. The molecule has 9 heteroatoms. The number of aliphatic imine (C=N–C) groups is 1. The number of aromatic amines is 1. The highest BCUT2D eigenvalue weighted by molar-refractivity contribution is 6.30. The molecule has 0 amide bonds. The Morgan fingerprint density at radius 3 is 2.44 bits per heavy atom. The number of benzene rings is 2. The molecule has 5 nitrogen and oxygen atoms in total. The smallest absolute Gasteiger partial charge is 0.245 e. The lowest BCUT2D eigenvalue weighted by Gasteiger charge is -2.19. The van der Waals surface area contributed by atoms with Gasteiger partial charge in [-0.25, -0.2) is 4.99 Å². The van der Waals surface area contributed by atoms with Gasteiger partial charge in [-0.1, -0.05) is 73.5 Å². The van der Waals surface area contributed by atoms with E-state index in [4.69, 9.17) is 11.6 Å². The van der Waals surface area contributed by atoms with Crippen LogP contribution in [0.4, 0.5) is 13.2 Å². The maximum absolute atomic E-state index is 13.4. The van der Waals surface area contributed by atoms with Gasteiger partial charge in [-0.15, -0.1) is 10.2 Å². The summed E-state index contributed by atoms with van der Waals surface area (Å²) in [6.45, 7) is 2.05. The van der Waals surface area contributed by atoms with Gasteiger partial charge in [0, 0.05) is 17.2 Å². The number of alkyl halides is 3. The van der Waals surface area contributed by atoms with E-state index in [0.717, 1.165) is 40.8 Å². The third kappa shape index (κ3) is 5.55. The van der Waals surface area contributed by atoms with Crippen LogP contribution in [0, 0.1) is 5.92 Å². The number of halogens is 4. The summed E-state index contributed by atoms with van der Waals surface area (Å²) in [5, 5.41) is 13.9. The second kappa shape index (κ2) is 10.5. The number of unbranched alkanes of at least 4 members (excludes halogenated alkanes) is 1. The van der Waals surface area contributed by atoms with Crippen LogP contribution in [0.15, 0.2) is 64.3 Å². The van der Waals surface area contributed by atoms with Crippen molar-refractivity contribution >= 4 is 17.3 Å². The molecule has 0 bridgehead atoms. The minimum absolute atomic E-state index is 0.0855. The first-order valence-corrected chi connectivity index (χ1v) is 11.7. The van der Waals surface area contributed by atoms with Gasteiger partial charge in [-0.2, -0.15) is 18.4 Å². The molecule has 0 spiro atoms. The van der Waals surface area contributed by atoms with Crippen molar-refractivity contribution in [3.63, 3.8) is 0 Å². The van der Waals surface area contributed by atoms with Gasteiger partial charge in [-0.3, -0.25) is 0 Å². The van der Waals surface area contributed by atoms with Crippen molar-refractivity contribution in [2.45, 2.75) is 51.6 Å². The Bertz CT molecular complexity index is 1170. The Morgan fingerprint density at radius 2 is 1.79 bits per heavy atom. The van der Waals surface area contributed by atoms with E-state index in [-0.39, 0.29) is 12.3 Å². The van der Waals surface area contributed by atoms with E-state index in [9.17, 15) is 13.2 Å². The Balaban J connectivity index is 1.56. The Labute approximate surface area is 201 Å². The van der Waals surface area contributed by atoms with Crippen LogP contribution in [0.25, 0.3) is 22.5 Å². The van der Waals surface area contributed by atoms with Gasteiger partial charge in [0.15, 0.2) is 0 Å². The Morgan fingerprint density at radius 1 is 1.06 bits per heavy atom. The molecule has 1 aliphatic rings. The minimum atomic E-state index is -4.46. The number of hydrogen-bond acceptors (Lipinski definition) is 4. The molecule has 0 saturated carbocycles. The molecule has 0 radical (unpaired) electrons. The second-order valence-electron chi connectivity index (χ2n) is 8.39. The predicted molar refractivity (Wildman–Crippen MR) is 127 cm³/mol. The lowest BCUT2D eigenvalue weighted by molar-refractivity contribution is -0.0946. The third-order valence-electron chi connectivity index (χ3n) is 6.09. The quantitative estimate of drug-likeness (QED) is 0.360. The van der Waals surface area contributed by atoms with Gasteiger partial charge in [0.25, 0.3) is 0 Å². The van der Waals surface area contributed by atoms with Crippen LogP contribution in [0.3, 0.4) is 0 Å². The van der Waals surface area contributed by atoms with Gasteiger partial charge in [0.1, 0.15) is 5.16 Å². The minimum Gasteiger partial charge on any atom is -0.245 e. The average molecular weight is 488 g/mol. The van der Waals surface area contributed by atoms with Crippen molar-refractivity contribution in [2.24, 2.45) is 10.9 Å². The summed E-state index contributed by atoms with van der Waals surface area (Å²) < 4.78 is 40.3. The van der Waals surface area contributed by atoms with Crippen molar-refractivity contribution in [2.75, 3.05) is 0 Å². The van der Waals surface area contributed by atoms with Crippen LogP contribution < -0.4 is 0 Å². The maximum atomic E-state index is 13.4. The number of nitrogens with zero attached hydrogens (tertiary/aromatic N) is 4. The van der Waals surface area contributed by atoms with Gasteiger partial charge < -0.3 is 0 Å². The first kappa shape index (κ1) is 24.1. The van der Waals surface area contributed by atoms with Gasteiger partial charge in [-0.05, 0) is 54.0 Å². The van der Waals surface area contributed by atoms with Crippen LogP contribution in [-0.2, 0) is 6.42 Å². The molecular formula is C25H25ClF3N5. The van der Waals surface area contributed by atoms with Gasteiger partial charge >= 0.3 is 6.18 Å². The molecule has 178 valence electrons. The number of nitrogens with one attached hydrogen (secondary N) is 1. The third-order valence-corrected chi connectivity index (χ3v) is 6.41. The van der Waals surface area contributed by atoms with E-state index < -0.39 is 16.9 Å². The van der Waals surface area contributed by atoms with E-state index in [1.807, 2.05) is 48.5 Å². The largest absolute Gasteiger partial charge is 0.415 e. The zero-order chi connectivity index (χ0) is 24.1. The van der Waals surface area contributed by atoms with E-state index in [1.54, 1.807) is 0 Å². The predicted octanol–water partition coefficient (Wildman–Crippen LogP) is 7.13. The number of rotatable bonds is 7. The van der Waals surface area contributed by atoms with Crippen molar-refractivity contribution in [3.05, 3.63) is 64.8 Å². The van der Waals surface area contributed by atoms with Gasteiger partial charge in [0.05, 0.1) is 5.57 Å². The zero-order valence-electron chi connectivity index (χ0n) is 18.7. The molecule has 0 fully saturated rings. The number of hydrogen-bond donors (Lipinski definition) is 1. The molecule has 34 heavy (non-hydrogen) atoms. The van der Waals surface area contributed by atoms with E-state index in [1.165, 1.54) is 0 Å². The first-order valence-electron chi connectivity index (χ1n) is 11.3. The number of H-pyrrole nitrogens is 1. The summed E-state index contributed by atoms with van der Waals surface area (Å²) in [6.07, 6.45) is -1.14. The fourth-order valence-electron chi connectivity index (χ4n) is 4.28. The van der Waals surface area contributed by atoms with Crippen molar-refractivity contribution in [1.29, 1.82) is 0 Å². The fraction of sp³-hybridized carbons (Fsp3) is 0.360. The summed E-state index contributed by atoms with van der Waals surface area (Å²) in [4.78, 5) is 4.26. The Hall–Kier alpha value is -3.00. The summed E-state index contributed by atoms with van der Waals surface area (Å²) >= 11 is 6.01. The van der Waals surface area contributed by atoms with E-state index in [0.29, 0.717) is 25.1 Å². The number of aromatic nitrogens is 4. The molecule has 2 heterocycles. The lowest BCUT2D eigenvalue weighted by atomic mass is 9.87. The SMILES string of the molecule is CCCCC1=NC(Cl)=C(C(F)(F)F)CCC1Cc1ccc(-c2ccccc2-c2nn[nH]n2)cc1. The average Bonchev–Trinajstić information content (AvgIpc) is 3.30. The molecular weight excluding hydrogens is 463 g/mol. The van der Waals surface area contributed by atoms with Crippen LogP contribution in [0.5, 0.6) is 0 Å². The monoisotopic (exact) mass is 487 g/mol. The normalized spacial score (nSPS) is 17.0. The lowest BCUT2D eigenvalue weighted by Crippen LogP contribution is -2.18. The Kier molecular flexibility index (Phi) is 7.46. The maximum Gasteiger partial charge on any atom is 0.415 e. The zero-order valence-corrected chi connectivity index (χ0v) is 19.5. The molecule has 0 saturated heterocycles. The molecule has 3 aromatic rings. The van der Waals surface area contributed by atoms with E-state index in [2.05, 4.69) is 32.5 Å².